The summed E-state index contributed by atoms with van der Waals surface area (Å²) in [6.45, 7) is 0.767. The van der Waals surface area contributed by atoms with Gasteiger partial charge in [0.05, 0.1) is 11.6 Å². The number of hydrogen-bond donors (Lipinski definition) is 1. The van der Waals surface area contributed by atoms with Crippen molar-refractivity contribution in [3.8, 4) is 17.2 Å². The third-order valence-corrected chi connectivity index (χ3v) is 2.98. The average molecular weight is 257 g/mol. The molecule has 0 heterocycles. The van der Waals surface area contributed by atoms with Gasteiger partial charge in [-0.25, -0.2) is 0 Å². The van der Waals surface area contributed by atoms with Gasteiger partial charge in [-0.2, -0.15) is 5.26 Å². The normalized spacial score (nSPS) is 10.1. The van der Waals surface area contributed by atoms with Gasteiger partial charge < -0.3 is 5.32 Å². The molecule has 1 N–H and O–H groups in total. The summed E-state index contributed by atoms with van der Waals surface area (Å²) in [7, 11) is 1.91. The molecule has 90 valence electrons. The van der Waals surface area contributed by atoms with Crippen molar-refractivity contribution in [2.45, 2.75) is 6.54 Å². The van der Waals surface area contributed by atoms with Crippen LogP contribution in [0.1, 0.15) is 11.1 Å². The van der Waals surface area contributed by atoms with E-state index in [2.05, 4.69) is 11.4 Å². The van der Waals surface area contributed by atoms with Gasteiger partial charge >= 0.3 is 0 Å². The van der Waals surface area contributed by atoms with Crippen molar-refractivity contribution in [2.75, 3.05) is 7.05 Å². The van der Waals surface area contributed by atoms with Gasteiger partial charge in [-0.15, -0.1) is 0 Å². The van der Waals surface area contributed by atoms with Crippen molar-refractivity contribution < 1.29 is 0 Å². The Kier molecular flexibility index (Phi) is 3.99. The lowest BCUT2D eigenvalue weighted by atomic mass is 9.98. The van der Waals surface area contributed by atoms with Gasteiger partial charge in [0.25, 0.3) is 0 Å². The fraction of sp³-hybridized carbons (Fsp3) is 0.133. The lowest BCUT2D eigenvalue weighted by Gasteiger charge is -2.10. The maximum atomic E-state index is 8.95. The van der Waals surface area contributed by atoms with E-state index in [0.29, 0.717) is 10.6 Å². The molecule has 18 heavy (non-hydrogen) atoms. The summed E-state index contributed by atoms with van der Waals surface area (Å²) in [6.07, 6.45) is 0. The molecular weight excluding hydrogens is 244 g/mol. The van der Waals surface area contributed by atoms with Crippen LogP contribution in [0.3, 0.4) is 0 Å². The summed E-state index contributed by atoms with van der Waals surface area (Å²) in [5.41, 5.74) is 3.90. The van der Waals surface area contributed by atoms with Crippen molar-refractivity contribution in [3.05, 3.63) is 58.6 Å². The molecule has 0 aromatic heterocycles. The summed E-state index contributed by atoms with van der Waals surface area (Å²) in [4.78, 5) is 0. The number of benzene rings is 2. The van der Waals surface area contributed by atoms with Crippen LogP contribution in [0.25, 0.3) is 11.1 Å². The SMILES string of the molecule is CNCc1ccc(Cl)cc1-c1cccc(C#N)c1. The molecule has 0 atom stereocenters. The number of rotatable bonds is 3. The first kappa shape index (κ1) is 12.6. The van der Waals surface area contributed by atoms with Gasteiger partial charge in [0.2, 0.25) is 0 Å². The smallest absolute Gasteiger partial charge is 0.0991 e. The van der Waals surface area contributed by atoms with E-state index in [-0.39, 0.29) is 0 Å². The van der Waals surface area contributed by atoms with E-state index >= 15 is 0 Å². The van der Waals surface area contributed by atoms with Crippen LogP contribution in [0.2, 0.25) is 5.02 Å². The molecule has 0 radical (unpaired) electrons. The molecule has 2 aromatic carbocycles. The molecular formula is C15H13ClN2. The van der Waals surface area contributed by atoms with Crippen molar-refractivity contribution in [3.63, 3.8) is 0 Å². The Morgan fingerprint density at radius 1 is 1.22 bits per heavy atom. The van der Waals surface area contributed by atoms with Crippen LogP contribution in [0.4, 0.5) is 0 Å². The summed E-state index contributed by atoms with van der Waals surface area (Å²) < 4.78 is 0. The van der Waals surface area contributed by atoms with E-state index in [1.165, 1.54) is 0 Å². The number of hydrogen-bond acceptors (Lipinski definition) is 2. The van der Waals surface area contributed by atoms with E-state index < -0.39 is 0 Å². The van der Waals surface area contributed by atoms with Gasteiger partial charge in [0.1, 0.15) is 0 Å². The highest BCUT2D eigenvalue weighted by molar-refractivity contribution is 6.30. The molecule has 2 rings (SSSR count). The largest absolute Gasteiger partial charge is 0.316 e. The van der Waals surface area contributed by atoms with Crippen molar-refractivity contribution in [2.24, 2.45) is 0 Å². The monoisotopic (exact) mass is 256 g/mol. The molecule has 2 aromatic rings. The van der Waals surface area contributed by atoms with Crippen LogP contribution < -0.4 is 5.32 Å². The molecule has 0 fully saturated rings. The van der Waals surface area contributed by atoms with Crippen LogP contribution in [-0.4, -0.2) is 7.05 Å². The quantitative estimate of drug-likeness (QED) is 0.911. The number of nitrogens with zero attached hydrogens (tertiary/aromatic N) is 1. The molecule has 0 unspecified atom stereocenters. The first-order chi connectivity index (χ1) is 8.74. The molecule has 2 nitrogen and oxygen atoms in total. The molecule has 0 aliphatic rings. The molecule has 0 amide bonds. The second kappa shape index (κ2) is 5.68. The third kappa shape index (κ3) is 2.70. The first-order valence-electron chi connectivity index (χ1n) is 5.68. The summed E-state index contributed by atoms with van der Waals surface area (Å²) in [5.74, 6) is 0. The molecule has 3 heteroatoms. The van der Waals surface area contributed by atoms with Gasteiger partial charge in [-0.3, -0.25) is 0 Å². The maximum absolute atomic E-state index is 8.95. The summed E-state index contributed by atoms with van der Waals surface area (Å²) in [6, 6.07) is 15.5. The van der Waals surface area contributed by atoms with Crippen LogP contribution in [0.5, 0.6) is 0 Å². The molecule has 0 aliphatic heterocycles. The zero-order valence-corrected chi connectivity index (χ0v) is 10.8. The summed E-state index contributed by atoms with van der Waals surface area (Å²) >= 11 is 6.06. The van der Waals surface area contributed by atoms with E-state index in [9.17, 15) is 0 Å². The highest BCUT2D eigenvalue weighted by atomic mass is 35.5. The summed E-state index contributed by atoms with van der Waals surface area (Å²) in [5, 5.41) is 12.8. The highest BCUT2D eigenvalue weighted by Gasteiger charge is 2.06. The fourth-order valence-corrected chi connectivity index (χ4v) is 2.09. The van der Waals surface area contributed by atoms with Crippen LogP contribution in [-0.2, 0) is 6.54 Å². The Balaban J connectivity index is 2.54. The maximum Gasteiger partial charge on any atom is 0.0991 e. The van der Waals surface area contributed by atoms with Gasteiger partial charge in [0, 0.05) is 11.6 Å². The number of halogens is 1. The predicted octanol–water partition coefficient (Wildman–Crippen LogP) is 3.60. The second-order valence-corrected chi connectivity index (χ2v) is 4.46. The predicted molar refractivity (Wildman–Crippen MR) is 74.4 cm³/mol. The Hall–Kier alpha value is -1.82. The van der Waals surface area contributed by atoms with Crippen LogP contribution >= 0.6 is 11.6 Å². The zero-order valence-electron chi connectivity index (χ0n) is 10.1. The average Bonchev–Trinajstić information content (AvgIpc) is 2.41. The molecule has 0 aliphatic carbocycles. The van der Waals surface area contributed by atoms with Gasteiger partial charge in [0.15, 0.2) is 0 Å². The minimum Gasteiger partial charge on any atom is -0.316 e. The second-order valence-electron chi connectivity index (χ2n) is 4.02. The Labute approximate surface area is 112 Å². The minimum absolute atomic E-state index is 0.655. The van der Waals surface area contributed by atoms with E-state index in [0.717, 1.165) is 23.2 Å². The van der Waals surface area contributed by atoms with Crippen LogP contribution in [0, 0.1) is 11.3 Å². The Bertz CT molecular complexity index is 600. The molecule has 0 bridgehead atoms. The number of nitrogens with one attached hydrogen (secondary N) is 1. The zero-order chi connectivity index (χ0) is 13.0. The van der Waals surface area contributed by atoms with Gasteiger partial charge in [-0.05, 0) is 48.0 Å². The lowest BCUT2D eigenvalue weighted by Crippen LogP contribution is -2.06. The third-order valence-electron chi connectivity index (χ3n) is 2.74. The molecule has 0 saturated heterocycles. The lowest BCUT2D eigenvalue weighted by molar-refractivity contribution is 0.819. The van der Waals surface area contributed by atoms with E-state index in [1.807, 2.05) is 43.4 Å². The van der Waals surface area contributed by atoms with E-state index in [1.54, 1.807) is 6.07 Å². The Morgan fingerprint density at radius 3 is 2.78 bits per heavy atom. The number of nitriles is 1. The van der Waals surface area contributed by atoms with Crippen molar-refractivity contribution in [1.29, 1.82) is 5.26 Å². The molecule has 0 saturated carbocycles. The van der Waals surface area contributed by atoms with E-state index in [4.69, 9.17) is 16.9 Å². The topological polar surface area (TPSA) is 35.8 Å². The molecule has 0 spiro atoms. The Morgan fingerprint density at radius 2 is 2.06 bits per heavy atom. The van der Waals surface area contributed by atoms with Crippen molar-refractivity contribution in [1.82, 2.24) is 5.32 Å². The van der Waals surface area contributed by atoms with Crippen LogP contribution in [0.15, 0.2) is 42.5 Å². The van der Waals surface area contributed by atoms with Gasteiger partial charge in [-0.1, -0.05) is 29.8 Å². The fourth-order valence-electron chi connectivity index (χ4n) is 1.92. The standard InChI is InChI=1S/C15H13ClN2/c1-18-10-13-5-6-14(16)8-15(13)12-4-2-3-11(7-12)9-17/h2-8,18H,10H2,1H3. The first-order valence-corrected chi connectivity index (χ1v) is 6.06. The van der Waals surface area contributed by atoms with Crippen molar-refractivity contribution >= 4 is 11.6 Å². The highest BCUT2D eigenvalue weighted by Crippen LogP contribution is 2.27. The minimum atomic E-state index is 0.655.